The number of carbonyl (C=O) groups is 1. The molecule has 0 amide bonds. The minimum Gasteiger partial charge on any atom is -0.476 e. The van der Waals surface area contributed by atoms with Gasteiger partial charge in [-0.15, -0.1) is 13.2 Å². The van der Waals surface area contributed by atoms with E-state index in [0.717, 1.165) is 35.5 Å². The Hall–Kier alpha value is -5.67. The molecule has 0 saturated carbocycles. The number of aromatic amines is 1. The zero-order valence-corrected chi connectivity index (χ0v) is 23.4. The van der Waals surface area contributed by atoms with Gasteiger partial charge in [-0.25, -0.2) is 9.78 Å². The second kappa shape index (κ2) is 11.8. The third kappa shape index (κ3) is 7.11. The topological polar surface area (TPSA) is 158 Å². The van der Waals surface area contributed by atoms with Crippen LogP contribution in [0.1, 0.15) is 34.8 Å². The highest BCUT2D eigenvalue weighted by molar-refractivity contribution is 6.00. The molecule has 16 heteroatoms. The Morgan fingerprint density at radius 3 is 2.51 bits per heavy atom. The van der Waals surface area contributed by atoms with Gasteiger partial charge in [-0.3, -0.25) is 0 Å². The summed E-state index contributed by atoms with van der Waals surface area (Å²) in [6.07, 6.45) is -3.24. The molecule has 6 rings (SSSR count). The van der Waals surface area contributed by atoms with Gasteiger partial charge in [0.25, 0.3) is 0 Å². The highest BCUT2D eigenvalue weighted by Gasteiger charge is 2.31. The number of ether oxygens (including phenoxy) is 1. The fourth-order valence-corrected chi connectivity index (χ4v) is 4.37. The van der Waals surface area contributed by atoms with E-state index in [1.54, 1.807) is 6.20 Å². The molecule has 234 valence electrons. The maximum atomic E-state index is 13.2. The lowest BCUT2D eigenvalue weighted by molar-refractivity contribution is -0.274. The Kier molecular flexibility index (Phi) is 8.06. The number of fused-ring (bicyclic) bond motifs is 1. The van der Waals surface area contributed by atoms with Gasteiger partial charge in [-0.2, -0.15) is 23.8 Å². The summed E-state index contributed by atoms with van der Waals surface area (Å²) in [5.74, 6) is -4.37. The smallest absolute Gasteiger partial charge is 0.476 e. The largest absolute Gasteiger partial charge is 0.573 e. The highest BCUT2D eigenvalue weighted by atomic mass is 19.4. The van der Waals surface area contributed by atoms with E-state index in [-0.39, 0.29) is 35.2 Å². The number of nitrogens with two attached hydrogens (primary N) is 1. The fraction of sp³-hybridized carbons (Fsp3) is 0.172. The van der Waals surface area contributed by atoms with Crippen LogP contribution >= 0.6 is 0 Å². The van der Waals surface area contributed by atoms with E-state index in [1.807, 2.05) is 24.3 Å². The molecule has 0 aliphatic rings. The maximum absolute atomic E-state index is 13.2. The van der Waals surface area contributed by atoms with Gasteiger partial charge in [0.1, 0.15) is 29.6 Å². The Balaban J connectivity index is 0.000000183. The molecule has 0 radical (unpaired) electrons. The molecule has 0 atom stereocenters. The average Bonchev–Trinajstić information content (AvgIpc) is 3.74. The van der Waals surface area contributed by atoms with Crippen LogP contribution < -0.4 is 10.5 Å². The van der Waals surface area contributed by atoms with Crippen molar-refractivity contribution in [3.63, 3.8) is 0 Å². The summed E-state index contributed by atoms with van der Waals surface area (Å²) in [4.78, 5) is 19.1. The van der Waals surface area contributed by atoms with Crippen molar-refractivity contribution in [3.8, 4) is 28.3 Å². The Morgan fingerprint density at radius 2 is 1.82 bits per heavy atom. The number of aryl methyl sites for hydroxylation is 1. The summed E-state index contributed by atoms with van der Waals surface area (Å²) < 4.78 is 76.9. The first-order chi connectivity index (χ1) is 21.2. The molecular weight excluding hydrogens is 607 g/mol. The number of H-pyrrole nitrogens is 1. The summed E-state index contributed by atoms with van der Waals surface area (Å²) in [6.45, 7) is 2.38. The molecule has 4 heterocycles. The molecule has 0 aliphatic heterocycles. The van der Waals surface area contributed by atoms with Gasteiger partial charge >= 0.3 is 18.3 Å². The second-order valence-corrected chi connectivity index (χ2v) is 9.67. The SMILES string of the molecule is CC(F)(F)c1ccc(Cn2ncc(-c3c(N)[nH]c4ccccc34)n2)o1.Cc1nc(C(=O)O)c(-c2cccc(OC(F)(F)F)c2)o1. The third-order valence-electron chi connectivity index (χ3n) is 6.19. The van der Waals surface area contributed by atoms with E-state index in [0.29, 0.717) is 17.3 Å². The number of aromatic nitrogens is 5. The molecule has 4 N–H and O–H groups in total. The normalized spacial score (nSPS) is 11.8. The Morgan fingerprint density at radius 1 is 1.07 bits per heavy atom. The van der Waals surface area contributed by atoms with Crippen molar-refractivity contribution in [1.29, 1.82) is 0 Å². The number of nitrogens with one attached hydrogen (secondary N) is 1. The van der Waals surface area contributed by atoms with Crippen molar-refractivity contribution in [3.05, 3.63) is 90.0 Å². The summed E-state index contributed by atoms with van der Waals surface area (Å²) in [6, 6.07) is 15.3. The number of hydrogen-bond acceptors (Lipinski definition) is 8. The quantitative estimate of drug-likeness (QED) is 0.158. The van der Waals surface area contributed by atoms with Crippen molar-refractivity contribution in [2.75, 3.05) is 5.73 Å². The number of aromatic carboxylic acids is 1. The number of carboxylic acid groups (broad SMARTS) is 1. The number of para-hydroxylation sites is 1. The van der Waals surface area contributed by atoms with Crippen molar-refractivity contribution >= 4 is 22.7 Å². The lowest BCUT2D eigenvalue weighted by Gasteiger charge is -2.09. The number of furan rings is 1. The number of halogens is 5. The standard InChI is InChI=1S/C17H15F2N5O.C12H8F3NO4/c1-17(18,19)14-7-6-10(25-14)9-24-21-8-13(23-24)15-11-4-2-3-5-12(11)22-16(15)20;1-6-16-9(11(17)18)10(19-6)7-3-2-4-8(5-7)20-12(13,14)15/h2-8,22H,9,20H2,1H3;2-5H,1H3,(H,17,18). The van der Waals surface area contributed by atoms with E-state index in [2.05, 4.69) is 24.9 Å². The molecule has 0 fully saturated rings. The number of carboxylic acids is 1. The predicted molar refractivity (Wildman–Crippen MR) is 149 cm³/mol. The van der Waals surface area contributed by atoms with Gasteiger partial charge in [-0.1, -0.05) is 30.3 Å². The lowest BCUT2D eigenvalue weighted by Crippen LogP contribution is -2.17. The number of hydrogen-bond donors (Lipinski definition) is 3. The number of nitrogen functional groups attached to an aromatic ring is 1. The summed E-state index contributed by atoms with van der Waals surface area (Å²) in [5, 5.41) is 18.5. The second-order valence-electron chi connectivity index (χ2n) is 9.67. The first-order valence-corrected chi connectivity index (χ1v) is 13.0. The average molecular weight is 631 g/mol. The minimum absolute atomic E-state index is 0.0968. The molecule has 0 aliphatic carbocycles. The number of rotatable bonds is 7. The lowest BCUT2D eigenvalue weighted by atomic mass is 10.1. The highest BCUT2D eigenvalue weighted by Crippen LogP contribution is 2.33. The van der Waals surface area contributed by atoms with Gasteiger partial charge in [0.2, 0.25) is 0 Å². The maximum Gasteiger partial charge on any atom is 0.573 e. The van der Waals surface area contributed by atoms with Crippen molar-refractivity contribution in [2.45, 2.75) is 32.7 Å². The van der Waals surface area contributed by atoms with Crippen LogP contribution in [0.5, 0.6) is 5.75 Å². The minimum atomic E-state index is -4.83. The van der Waals surface area contributed by atoms with Crippen LogP contribution in [0, 0.1) is 6.92 Å². The molecule has 45 heavy (non-hydrogen) atoms. The Bertz CT molecular complexity index is 1970. The van der Waals surface area contributed by atoms with Crippen LogP contribution in [-0.2, 0) is 12.5 Å². The first kappa shape index (κ1) is 30.8. The van der Waals surface area contributed by atoms with Gasteiger partial charge in [-0.05, 0) is 30.3 Å². The monoisotopic (exact) mass is 630 g/mol. The Labute approximate surface area is 250 Å². The van der Waals surface area contributed by atoms with E-state index in [1.165, 1.54) is 36.0 Å². The van der Waals surface area contributed by atoms with E-state index in [9.17, 15) is 26.7 Å². The van der Waals surface area contributed by atoms with Gasteiger partial charge in [0, 0.05) is 30.3 Å². The van der Waals surface area contributed by atoms with Crippen LogP contribution in [0.4, 0.5) is 27.8 Å². The zero-order chi connectivity index (χ0) is 32.5. The van der Waals surface area contributed by atoms with E-state index >= 15 is 0 Å². The number of nitrogens with zero attached hydrogens (tertiary/aromatic N) is 4. The van der Waals surface area contributed by atoms with E-state index < -0.39 is 24.0 Å². The van der Waals surface area contributed by atoms with Gasteiger partial charge in [0.05, 0.1) is 11.8 Å². The molecule has 11 nitrogen and oxygen atoms in total. The molecule has 0 spiro atoms. The number of benzene rings is 2. The van der Waals surface area contributed by atoms with Crippen LogP contribution in [0.2, 0.25) is 0 Å². The molecule has 0 saturated heterocycles. The third-order valence-corrected chi connectivity index (χ3v) is 6.19. The van der Waals surface area contributed by atoms with Gasteiger partial charge in [0.15, 0.2) is 23.1 Å². The molecule has 2 aromatic carbocycles. The molecule has 0 unspecified atom stereocenters. The summed E-state index contributed by atoms with van der Waals surface area (Å²) >= 11 is 0. The first-order valence-electron chi connectivity index (χ1n) is 13.0. The van der Waals surface area contributed by atoms with Crippen molar-refractivity contribution < 1.29 is 45.4 Å². The van der Waals surface area contributed by atoms with Crippen LogP contribution in [0.15, 0.2) is 75.7 Å². The van der Waals surface area contributed by atoms with Gasteiger partial charge < -0.3 is 29.4 Å². The van der Waals surface area contributed by atoms with Crippen LogP contribution in [0.3, 0.4) is 0 Å². The summed E-state index contributed by atoms with van der Waals surface area (Å²) in [5.41, 5.74) is 8.10. The molecule has 4 aromatic heterocycles. The molecule has 0 bridgehead atoms. The number of oxazole rings is 1. The number of alkyl halides is 5. The summed E-state index contributed by atoms with van der Waals surface area (Å²) in [7, 11) is 0. The van der Waals surface area contributed by atoms with E-state index in [4.69, 9.17) is 19.7 Å². The molecule has 6 aromatic rings. The van der Waals surface area contributed by atoms with Crippen LogP contribution in [0.25, 0.3) is 33.5 Å². The fourth-order valence-electron chi connectivity index (χ4n) is 4.37. The van der Waals surface area contributed by atoms with Crippen molar-refractivity contribution in [1.82, 2.24) is 25.0 Å². The molecular formula is C29H23F5N6O5. The van der Waals surface area contributed by atoms with Crippen molar-refractivity contribution in [2.24, 2.45) is 0 Å². The predicted octanol–water partition coefficient (Wildman–Crippen LogP) is 7.01. The zero-order valence-electron chi connectivity index (χ0n) is 23.4. The van der Waals surface area contributed by atoms with Crippen LogP contribution in [-0.4, -0.2) is 42.4 Å². The number of anilines is 1.